The van der Waals surface area contributed by atoms with Gasteiger partial charge >= 0.3 is 0 Å². The topological polar surface area (TPSA) is 98.5 Å². The third kappa shape index (κ3) is 4.73. The first-order chi connectivity index (χ1) is 11.7. The number of carbonyl (C=O) groups is 1. The maximum absolute atomic E-state index is 12.8. The summed E-state index contributed by atoms with van der Waals surface area (Å²) in [5.41, 5.74) is 7.76. The van der Waals surface area contributed by atoms with E-state index in [4.69, 9.17) is 10.5 Å². The number of carbonyl (C=O) groups excluding carboxylic acids is 1. The number of hydrogen-bond acceptors (Lipinski definition) is 4. The predicted octanol–water partition coefficient (Wildman–Crippen LogP) is 2.67. The Hall–Kier alpha value is -2.54. The summed E-state index contributed by atoms with van der Waals surface area (Å²) in [7, 11) is -3.78. The van der Waals surface area contributed by atoms with E-state index in [1.807, 2.05) is 19.1 Å². The van der Waals surface area contributed by atoms with Crippen molar-refractivity contribution in [2.45, 2.75) is 32.1 Å². The van der Waals surface area contributed by atoms with E-state index in [9.17, 15) is 13.2 Å². The molecule has 0 saturated carbocycles. The molecular weight excluding hydrogens is 340 g/mol. The number of benzene rings is 2. The molecule has 25 heavy (non-hydrogen) atoms. The maximum Gasteiger partial charge on any atom is 0.262 e. The van der Waals surface area contributed by atoms with Crippen molar-refractivity contribution in [1.82, 2.24) is 0 Å². The van der Waals surface area contributed by atoms with Crippen LogP contribution >= 0.6 is 0 Å². The van der Waals surface area contributed by atoms with Crippen molar-refractivity contribution in [2.24, 2.45) is 5.73 Å². The molecule has 0 aliphatic carbocycles. The summed E-state index contributed by atoms with van der Waals surface area (Å²) >= 11 is 0. The van der Waals surface area contributed by atoms with Crippen LogP contribution in [0.4, 0.5) is 5.69 Å². The molecule has 2 rings (SSSR count). The molecule has 0 aromatic heterocycles. The minimum absolute atomic E-state index is 0.0528. The van der Waals surface area contributed by atoms with E-state index < -0.39 is 15.9 Å². The van der Waals surface area contributed by atoms with Gasteiger partial charge in [0.15, 0.2) is 0 Å². The van der Waals surface area contributed by atoms with Crippen LogP contribution in [0.3, 0.4) is 0 Å². The summed E-state index contributed by atoms with van der Waals surface area (Å²) < 4.78 is 33.8. The molecule has 134 valence electrons. The summed E-state index contributed by atoms with van der Waals surface area (Å²) in [5, 5.41) is 0. The van der Waals surface area contributed by atoms with Crippen LogP contribution in [0.25, 0.3) is 0 Å². The van der Waals surface area contributed by atoms with Crippen molar-refractivity contribution in [3.8, 4) is 5.75 Å². The van der Waals surface area contributed by atoms with E-state index in [1.54, 1.807) is 38.1 Å². The third-order valence-electron chi connectivity index (χ3n) is 3.61. The normalized spacial score (nSPS) is 11.2. The highest BCUT2D eigenvalue weighted by Gasteiger charge is 2.21. The number of hydrogen-bond donors (Lipinski definition) is 2. The Balaban J connectivity index is 2.31. The van der Waals surface area contributed by atoms with Gasteiger partial charge in [0.2, 0.25) is 5.91 Å². The van der Waals surface area contributed by atoms with Crippen molar-refractivity contribution < 1.29 is 17.9 Å². The highest BCUT2D eigenvalue weighted by atomic mass is 32.2. The van der Waals surface area contributed by atoms with Gasteiger partial charge in [0.05, 0.1) is 23.6 Å². The second-order valence-corrected chi connectivity index (χ2v) is 7.51. The van der Waals surface area contributed by atoms with Gasteiger partial charge in [-0.1, -0.05) is 29.8 Å². The smallest absolute Gasteiger partial charge is 0.262 e. The molecule has 2 aromatic rings. The van der Waals surface area contributed by atoms with Crippen LogP contribution < -0.4 is 15.2 Å². The molecule has 0 radical (unpaired) electrons. The average Bonchev–Trinajstić information content (AvgIpc) is 2.46. The van der Waals surface area contributed by atoms with E-state index in [-0.39, 0.29) is 17.9 Å². The Morgan fingerprint density at radius 1 is 1.12 bits per heavy atom. The monoisotopic (exact) mass is 362 g/mol. The molecule has 7 heteroatoms. The number of primary amides is 1. The molecule has 0 bridgehead atoms. The molecule has 3 N–H and O–H groups in total. The SMILES string of the molecule is Cc1cc(C)c(S(=O)(=O)Nc2ccccc2OCCC(N)=O)c(C)c1. The molecule has 0 atom stereocenters. The Morgan fingerprint density at radius 3 is 2.32 bits per heavy atom. The van der Waals surface area contributed by atoms with Gasteiger partial charge < -0.3 is 10.5 Å². The summed E-state index contributed by atoms with van der Waals surface area (Å²) in [6.45, 7) is 5.54. The van der Waals surface area contributed by atoms with Crippen molar-refractivity contribution in [2.75, 3.05) is 11.3 Å². The van der Waals surface area contributed by atoms with E-state index in [2.05, 4.69) is 4.72 Å². The number of aryl methyl sites for hydroxylation is 3. The molecular formula is C18H22N2O4S. The van der Waals surface area contributed by atoms with Crippen molar-refractivity contribution in [3.63, 3.8) is 0 Å². The highest BCUT2D eigenvalue weighted by Crippen LogP contribution is 2.29. The van der Waals surface area contributed by atoms with Crippen LogP contribution in [0.2, 0.25) is 0 Å². The highest BCUT2D eigenvalue weighted by molar-refractivity contribution is 7.92. The lowest BCUT2D eigenvalue weighted by Crippen LogP contribution is -2.18. The van der Waals surface area contributed by atoms with Crippen LogP contribution in [0.1, 0.15) is 23.1 Å². The summed E-state index contributed by atoms with van der Waals surface area (Å²) in [6, 6.07) is 10.3. The lowest BCUT2D eigenvalue weighted by atomic mass is 10.1. The molecule has 6 nitrogen and oxygen atoms in total. The van der Waals surface area contributed by atoms with Crippen LogP contribution in [-0.4, -0.2) is 20.9 Å². The molecule has 0 unspecified atom stereocenters. The first-order valence-electron chi connectivity index (χ1n) is 7.81. The zero-order chi connectivity index (χ0) is 18.6. The Kier molecular flexibility index (Phi) is 5.69. The van der Waals surface area contributed by atoms with E-state index in [1.165, 1.54) is 0 Å². The third-order valence-corrected chi connectivity index (χ3v) is 5.28. The zero-order valence-electron chi connectivity index (χ0n) is 14.5. The Bertz CT molecular complexity index is 869. The molecule has 0 aliphatic heterocycles. The second-order valence-electron chi connectivity index (χ2n) is 5.89. The molecule has 0 saturated heterocycles. The number of para-hydroxylation sites is 2. The zero-order valence-corrected chi connectivity index (χ0v) is 15.3. The van der Waals surface area contributed by atoms with Gasteiger partial charge in [-0.15, -0.1) is 0 Å². The fraction of sp³-hybridized carbons (Fsp3) is 0.278. The minimum atomic E-state index is -3.78. The van der Waals surface area contributed by atoms with Crippen LogP contribution in [0.15, 0.2) is 41.3 Å². The lowest BCUT2D eigenvalue weighted by Gasteiger charge is -2.16. The van der Waals surface area contributed by atoms with E-state index >= 15 is 0 Å². The number of ether oxygens (including phenoxy) is 1. The van der Waals surface area contributed by atoms with Crippen LogP contribution in [0.5, 0.6) is 5.75 Å². The van der Waals surface area contributed by atoms with Crippen LogP contribution in [-0.2, 0) is 14.8 Å². The first kappa shape index (κ1) is 18.8. The van der Waals surface area contributed by atoms with Crippen LogP contribution in [0, 0.1) is 20.8 Å². The molecule has 0 heterocycles. The van der Waals surface area contributed by atoms with Gasteiger partial charge in [0.25, 0.3) is 10.0 Å². The number of sulfonamides is 1. The number of nitrogens with one attached hydrogen (secondary N) is 1. The first-order valence-corrected chi connectivity index (χ1v) is 9.30. The van der Waals surface area contributed by atoms with E-state index in [0.29, 0.717) is 22.6 Å². The van der Waals surface area contributed by atoms with Crippen molar-refractivity contribution >= 4 is 21.6 Å². The molecule has 0 fully saturated rings. The van der Waals surface area contributed by atoms with Gasteiger partial charge in [-0.3, -0.25) is 9.52 Å². The quantitative estimate of drug-likeness (QED) is 0.791. The average molecular weight is 362 g/mol. The number of nitrogens with two attached hydrogens (primary N) is 1. The van der Waals surface area contributed by atoms with Gasteiger partial charge in [-0.25, -0.2) is 8.42 Å². The molecule has 2 aromatic carbocycles. The van der Waals surface area contributed by atoms with Gasteiger partial charge in [0, 0.05) is 0 Å². The van der Waals surface area contributed by atoms with Crippen molar-refractivity contribution in [1.29, 1.82) is 0 Å². The standard InChI is InChI=1S/C18H22N2O4S/c1-12-10-13(2)18(14(3)11-12)25(22,23)20-15-6-4-5-7-16(15)24-9-8-17(19)21/h4-7,10-11,20H,8-9H2,1-3H3,(H2,19,21). The Morgan fingerprint density at radius 2 is 1.72 bits per heavy atom. The molecule has 0 spiro atoms. The molecule has 0 aliphatic rings. The number of rotatable bonds is 7. The number of amides is 1. The molecule has 1 amide bonds. The maximum atomic E-state index is 12.8. The van der Waals surface area contributed by atoms with Gasteiger partial charge in [-0.2, -0.15) is 0 Å². The van der Waals surface area contributed by atoms with Gasteiger partial charge in [0.1, 0.15) is 5.75 Å². The van der Waals surface area contributed by atoms with Crippen molar-refractivity contribution in [3.05, 3.63) is 53.1 Å². The summed E-state index contributed by atoms with van der Waals surface area (Å²) in [4.78, 5) is 11.1. The largest absolute Gasteiger partial charge is 0.491 e. The van der Waals surface area contributed by atoms with Gasteiger partial charge in [-0.05, 0) is 44.0 Å². The summed E-state index contributed by atoms with van der Waals surface area (Å²) in [5.74, 6) is -0.140. The lowest BCUT2D eigenvalue weighted by molar-refractivity contribution is -0.118. The fourth-order valence-corrected chi connectivity index (χ4v) is 4.25. The Labute approximate surface area is 148 Å². The predicted molar refractivity (Wildman–Crippen MR) is 97.2 cm³/mol. The summed E-state index contributed by atoms with van der Waals surface area (Å²) in [6.07, 6.45) is 0.0528. The second kappa shape index (κ2) is 7.57. The number of anilines is 1. The fourth-order valence-electron chi connectivity index (χ4n) is 2.72. The van der Waals surface area contributed by atoms with E-state index in [0.717, 1.165) is 5.56 Å². The minimum Gasteiger partial charge on any atom is -0.491 e.